The lowest BCUT2D eigenvalue weighted by Gasteiger charge is -2.13. The van der Waals surface area contributed by atoms with E-state index in [1.165, 1.54) is 6.07 Å². The average molecular weight is 392 g/mol. The summed E-state index contributed by atoms with van der Waals surface area (Å²) < 4.78 is 15.1. The zero-order valence-electron chi connectivity index (χ0n) is 9.55. The first-order valence-electron chi connectivity index (χ1n) is 5.34. The first-order valence-corrected chi connectivity index (χ1v) is 7.36. The van der Waals surface area contributed by atoms with E-state index in [2.05, 4.69) is 31.9 Å². The summed E-state index contributed by atoms with van der Waals surface area (Å²) in [6.45, 7) is 1.73. The SMILES string of the molecule is Cc1cc(C(Cl)c2cc(Br)ccc2Br)ccc1F. The average Bonchev–Trinajstić information content (AvgIpc) is 2.35. The van der Waals surface area contributed by atoms with Crippen LogP contribution in [0.4, 0.5) is 4.39 Å². The van der Waals surface area contributed by atoms with Gasteiger partial charge in [0, 0.05) is 8.95 Å². The fourth-order valence-electron chi connectivity index (χ4n) is 1.71. The van der Waals surface area contributed by atoms with Gasteiger partial charge >= 0.3 is 0 Å². The Morgan fingerprint density at radius 3 is 2.50 bits per heavy atom. The maximum absolute atomic E-state index is 13.2. The van der Waals surface area contributed by atoms with Crippen LogP contribution in [0, 0.1) is 12.7 Å². The molecule has 0 bridgehead atoms. The highest BCUT2D eigenvalue weighted by atomic mass is 79.9. The molecule has 0 N–H and O–H groups in total. The predicted octanol–water partition coefficient (Wildman–Crippen LogP) is 5.99. The van der Waals surface area contributed by atoms with Crippen LogP contribution >= 0.6 is 43.5 Å². The number of halogens is 4. The molecule has 2 rings (SSSR count). The molecule has 0 spiro atoms. The highest BCUT2D eigenvalue weighted by Crippen LogP contribution is 2.35. The second-order valence-corrected chi connectivity index (χ2v) is 6.24. The van der Waals surface area contributed by atoms with Gasteiger partial charge in [-0.3, -0.25) is 0 Å². The minimum atomic E-state index is -0.309. The van der Waals surface area contributed by atoms with Gasteiger partial charge in [-0.1, -0.05) is 44.0 Å². The van der Waals surface area contributed by atoms with Gasteiger partial charge in [-0.15, -0.1) is 11.6 Å². The lowest BCUT2D eigenvalue weighted by Crippen LogP contribution is -1.96. The van der Waals surface area contributed by atoms with E-state index in [1.54, 1.807) is 19.1 Å². The summed E-state index contributed by atoms with van der Waals surface area (Å²) in [7, 11) is 0. The van der Waals surface area contributed by atoms with Gasteiger partial charge < -0.3 is 0 Å². The number of hydrogen-bond donors (Lipinski definition) is 0. The monoisotopic (exact) mass is 390 g/mol. The molecule has 2 aromatic rings. The van der Waals surface area contributed by atoms with Gasteiger partial charge in [0.2, 0.25) is 0 Å². The minimum Gasteiger partial charge on any atom is -0.207 e. The number of hydrogen-bond acceptors (Lipinski definition) is 0. The van der Waals surface area contributed by atoms with E-state index in [0.29, 0.717) is 5.56 Å². The highest BCUT2D eigenvalue weighted by molar-refractivity contribution is 9.11. The van der Waals surface area contributed by atoms with Crippen LogP contribution in [0.5, 0.6) is 0 Å². The van der Waals surface area contributed by atoms with Crippen LogP contribution < -0.4 is 0 Å². The molecule has 1 atom stereocenters. The maximum atomic E-state index is 13.2. The normalized spacial score (nSPS) is 12.5. The summed E-state index contributed by atoms with van der Waals surface area (Å²) in [4.78, 5) is 0. The van der Waals surface area contributed by atoms with Crippen LogP contribution in [-0.2, 0) is 0 Å². The molecule has 0 nitrogen and oxygen atoms in total. The molecule has 0 aliphatic rings. The van der Waals surface area contributed by atoms with Crippen LogP contribution in [0.25, 0.3) is 0 Å². The van der Waals surface area contributed by atoms with Crippen LogP contribution in [-0.4, -0.2) is 0 Å². The Bertz CT molecular complexity index is 584. The van der Waals surface area contributed by atoms with Gasteiger partial charge in [0.1, 0.15) is 5.82 Å². The van der Waals surface area contributed by atoms with Crippen LogP contribution in [0.3, 0.4) is 0 Å². The van der Waals surface area contributed by atoms with Crippen molar-refractivity contribution >= 4 is 43.5 Å². The Balaban J connectivity index is 2.44. The van der Waals surface area contributed by atoms with Crippen LogP contribution in [0.1, 0.15) is 22.1 Å². The molecule has 0 saturated carbocycles. The van der Waals surface area contributed by atoms with E-state index in [0.717, 1.165) is 20.1 Å². The Hall–Kier alpha value is -0.380. The number of aryl methyl sites for hydroxylation is 1. The number of alkyl halides is 1. The third kappa shape index (κ3) is 2.95. The first-order chi connectivity index (χ1) is 8.49. The first kappa shape index (κ1) is 14.0. The summed E-state index contributed by atoms with van der Waals surface area (Å²) in [6, 6.07) is 10.8. The van der Waals surface area contributed by atoms with Crippen LogP contribution in [0.2, 0.25) is 0 Å². The summed E-state index contributed by atoms with van der Waals surface area (Å²) in [5, 5.41) is -0.309. The third-order valence-electron chi connectivity index (χ3n) is 2.71. The van der Waals surface area contributed by atoms with E-state index in [-0.39, 0.29) is 11.2 Å². The summed E-state index contributed by atoms with van der Waals surface area (Å²) in [6.07, 6.45) is 0. The van der Waals surface area contributed by atoms with Gasteiger partial charge in [-0.05, 0) is 47.9 Å². The Morgan fingerprint density at radius 2 is 1.83 bits per heavy atom. The van der Waals surface area contributed by atoms with Crippen LogP contribution in [0.15, 0.2) is 45.3 Å². The van der Waals surface area contributed by atoms with Gasteiger partial charge in [0.25, 0.3) is 0 Å². The molecule has 18 heavy (non-hydrogen) atoms. The van der Waals surface area contributed by atoms with Gasteiger partial charge in [0.05, 0.1) is 5.38 Å². The molecule has 0 saturated heterocycles. The Labute approximate surface area is 127 Å². The van der Waals surface area contributed by atoms with Crippen molar-refractivity contribution in [1.82, 2.24) is 0 Å². The Morgan fingerprint density at radius 1 is 1.11 bits per heavy atom. The lowest BCUT2D eigenvalue weighted by atomic mass is 10.0. The fraction of sp³-hybridized carbons (Fsp3) is 0.143. The third-order valence-corrected chi connectivity index (χ3v) is 4.41. The largest absolute Gasteiger partial charge is 0.207 e. The topological polar surface area (TPSA) is 0 Å². The van der Waals surface area contributed by atoms with E-state index >= 15 is 0 Å². The standard InChI is InChI=1S/C14H10Br2ClF/c1-8-6-9(2-5-13(8)18)14(17)11-7-10(15)3-4-12(11)16/h2-7,14H,1H3. The minimum absolute atomic E-state index is 0.212. The van der Waals surface area contributed by atoms with Crippen molar-refractivity contribution in [3.05, 3.63) is 67.9 Å². The Kier molecular flexibility index (Phi) is 4.46. The molecule has 0 aliphatic carbocycles. The fourth-order valence-corrected chi connectivity index (χ4v) is 3.02. The van der Waals surface area contributed by atoms with E-state index in [4.69, 9.17) is 11.6 Å². The molecule has 0 radical (unpaired) electrons. The van der Waals surface area contributed by atoms with Crippen molar-refractivity contribution in [2.24, 2.45) is 0 Å². The predicted molar refractivity (Wildman–Crippen MR) is 80.7 cm³/mol. The summed E-state index contributed by atoms with van der Waals surface area (Å²) >= 11 is 13.4. The van der Waals surface area contributed by atoms with Crippen molar-refractivity contribution in [3.8, 4) is 0 Å². The van der Waals surface area contributed by atoms with Gasteiger partial charge in [0.15, 0.2) is 0 Å². The zero-order valence-corrected chi connectivity index (χ0v) is 13.5. The summed E-state index contributed by atoms with van der Waals surface area (Å²) in [5.41, 5.74) is 2.44. The molecule has 94 valence electrons. The quantitative estimate of drug-likeness (QED) is 0.551. The van der Waals surface area contributed by atoms with E-state index in [1.807, 2.05) is 18.2 Å². The smallest absolute Gasteiger partial charge is 0.126 e. The zero-order chi connectivity index (χ0) is 13.3. The molecule has 0 fully saturated rings. The second kappa shape index (κ2) is 5.72. The number of rotatable bonds is 2. The van der Waals surface area contributed by atoms with Crippen molar-refractivity contribution in [2.75, 3.05) is 0 Å². The summed E-state index contributed by atoms with van der Waals surface area (Å²) in [5.74, 6) is -0.212. The maximum Gasteiger partial charge on any atom is 0.126 e. The second-order valence-electron chi connectivity index (χ2n) is 4.04. The van der Waals surface area contributed by atoms with Crippen molar-refractivity contribution in [3.63, 3.8) is 0 Å². The molecule has 0 aromatic heterocycles. The molecule has 2 aromatic carbocycles. The molecule has 4 heteroatoms. The molecule has 1 unspecified atom stereocenters. The van der Waals surface area contributed by atoms with Crippen molar-refractivity contribution in [2.45, 2.75) is 12.3 Å². The lowest BCUT2D eigenvalue weighted by molar-refractivity contribution is 0.617. The molecule has 0 amide bonds. The molecular formula is C14H10Br2ClF. The van der Waals surface area contributed by atoms with Gasteiger partial charge in [-0.2, -0.15) is 0 Å². The van der Waals surface area contributed by atoms with E-state index in [9.17, 15) is 4.39 Å². The molecular weight excluding hydrogens is 382 g/mol. The number of benzene rings is 2. The van der Waals surface area contributed by atoms with Crippen molar-refractivity contribution < 1.29 is 4.39 Å². The molecule has 0 aliphatic heterocycles. The van der Waals surface area contributed by atoms with Gasteiger partial charge in [-0.25, -0.2) is 4.39 Å². The molecule has 0 heterocycles. The van der Waals surface area contributed by atoms with Crippen molar-refractivity contribution in [1.29, 1.82) is 0 Å². The van der Waals surface area contributed by atoms with E-state index < -0.39 is 0 Å². The highest BCUT2D eigenvalue weighted by Gasteiger charge is 2.15.